The Labute approximate surface area is 98.3 Å². The molecular formula is C11H14FN5. The Kier molecular flexibility index (Phi) is 2.44. The van der Waals surface area contributed by atoms with Crippen LogP contribution in [0, 0.1) is 11.7 Å². The Hall–Kier alpha value is -1.69. The number of hydrogen-bond donors (Lipinski definition) is 3. The minimum atomic E-state index is -0.571. The highest BCUT2D eigenvalue weighted by Crippen LogP contribution is 2.33. The summed E-state index contributed by atoms with van der Waals surface area (Å²) in [6.45, 7) is 1.02. The number of piperidine rings is 1. The first-order chi connectivity index (χ1) is 8.25. The molecule has 2 aliphatic heterocycles. The Morgan fingerprint density at radius 1 is 1.47 bits per heavy atom. The highest BCUT2D eigenvalue weighted by atomic mass is 19.1. The predicted octanol–water partition coefficient (Wildman–Crippen LogP) is 0.468. The van der Waals surface area contributed by atoms with Crippen molar-refractivity contribution in [1.29, 1.82) is 0 Å². The molecule has 0 radical (unpaired) electrons. The molecule has 5 nitrogen and oxygen atoms in total. The first kappa shape index (κ1) is 10.5. The zero-order valence-electron chi connectivity index (χ0n) is 9.28. The highest BCUT2D eigenvalue weighted by molar-refractivity contribution is 5.65. The number of halogens is 1. The molecular weight excluding hydrogens is 221 g/mol. The molecule has 1 fully saturated rings. The normalized spacial score (nSPS) is 27.2. The molecule has 3 heterocycles. The summed E-state index contributed by atoms with van der Waals surface area (Å²) in [5.41, 5.74) is 6.48. The molecule has 90 valence electrons. The number of nitrogens with one attached hydrogen (secondary N) is 2. The molecule has 4 N–H and O–H groups in total. The van der Waals surface area contributed by atoms with E-state index in [1.165, 1.54) is 0 Å². The molecule has 2 atom stereocenters. The number of hydrogen-bond acceptors (Lipinski definition) is 5. The fourth-order valence-electron chi connectivity index (χ4n) is 2.43. The van der Waals surface area contributed by atoms with Crippen LogP contribution in [0.5, 0.6) is 0 Å². The van der Waals surface area contributed by atoms with E-state index in [1.54, 1.807) is 0 Å². The van der Waals surface area contributed by atoms with Gasteiger partial charge in [0.15, 0.2) is 17.5 Å². The topological polar surface area (TPSA) is 75.9 Å². The smallest absolute Gasteiger partial charge is 0.183 e. The molecule has 0 saturated carbocycles. The quantitative estimate of drug-likeness (QED) is 0.659. The molecule has 0 bridgehead atoms. The zero-order valence-corrected chi connectivity index (χ0v) is 9.28. The second-order valence-corrected chi connectivity index (χ2v) is 4.37. The summed E-state index contributed by atoms with van der Waals surface area (Å²) in [7, 11) is 0. The van der Waals surface area contributed by atoms with Gasteiger partial charge in [0, 0.05) is 17.7 Å². The van der Waals surface area contributed by atoms with E-state index >= 15 is 0 Å². The fraction of sp³-hybridized carbons (Fsp3) is 0.455. The van der Waals surface area contributed by atoms with E-state index < -0.39 is 5.82 Å². The average Bonchev–Trinajstić information content (AvgIpc) is 2.76. The van der Waals surface area contributed by atoms with Crippen LogP contribution in [0.3, 0.4) is 0 Å². The third-order valence-electron chi connectivity index (χ3n) is 3.31. The van der Waals surface area contributed by atoms with Crippen LogP contribution in [0.15, 0.2) is 12.4 Å². The Balaban J connectivity index is 1.91. The molecule has 1 aromatic heterocycles. The van der Waals surface area contributed by atoms with E-state index in [-0.39, 0.29) is 12.0 Å². The van der Waals surface area contributed by atoms with E-state index in [0.717, 1.165) is 31.2 Å². The highest BCUT2D eigenvalue weighted by Gasteiger charge is 2.33. The summed E-state index contributed by atoms with van der Waals surface area (Å²) in [5, 5.41) is 6.64. The van der Waals surface area contributed by atoms with E-state index in [4.69, 9.17) is 5.73 Å². The van der Waals surface area contributed by atoms with Gasteiger partial charge in [-0.25, -0.2) is 14.4 Å². The first-order valence-electron chi connectivity index (χ1n) is 5.73. The lowest BCUT2D eigenvalue weighted by Crippen LogP contribution is -2.45. The first-order valence-corrected chi connectivity index (χ1v) is 5.73. The number of nitrogens with two attached hydrogens (primary N) is 1. The molecule has 17 heavy (non-hydrogen) atoms. The number of fused-ring (bicyclic) bond motifs is 1. The van der Waals surface area contributed by atoms with Gasteiger partial charge >= 0.3 is 0 Å². The maximum absolute atomic E-state index is 13.0. The van der Waals surface area contributed by atoms with Crippen LogP contribution in [0.2, 0.25) is 0 Å². The number of nitrogens with zero attached hydrogens (tertiary/aromatic N) is 2. The van der Waals surface area contributed by atoms with Gasteiger partial charge in [0.25, 0.3) is 0 Å². The van der Waals surface area contributed by atoms with Crippen molar-refractivity contribution in [3.05, 3.63) is 24.0 Å². The van der Waals surface area contributed by atoms with Crippen LogP contribution in [0.1, 0.15) is 18.7 Å². The molecule has 0 amide bonds. The van der Waals surface area contributed by atoms with Crippen LogP contribution in [-0.4, -0.2) is 22.7 Å². The number of aromatic nitrogens is 2. The van der Waals surface area contributed by atoms with Crippen molar-refractivity contribution in [2.45, 2.75) is 19.0 Å². The van der Waals surface area contributed by atoms with Gasteiger partial charge < -0.3 is 11.1 Å². The SMILES string of the molecule is Nc1nc(C2=CNC3NCCCC23)ncc1F. The van der Waals surface area contributed by atoms with Gasteiger partial charge in [-0.3, -0.25) is 5.32 Å². The van der Waals surface area contributed by atoms with Gasteiger partial charge in [0.1, 0.15) is 0 Å². The maximum Gasteiger partial charge on any atom is 0.183 e. The molecule has 1 aromatic rings. The second kappa shape index (κ2) is 3.96. The third-order valence-corrected chi connectivity index (χ3v) is 3.31. The summed E-state index contributed by atoms with van der Waals surface area (Å²) in [6, 6.07) is 0. The molecule has 0 aliphatic carbocycles. The zero-order chi connectivity index (χ0) is 11.8. The van der Waals surface area contributed by atoms with Crippen LogP contribution in [-0.2, 0) is 0 Å². The van der Waals surface area contributed by atoms with E-state index in [9.17, 15) is 4.39 Å². The Morgan fingerprint density at radius 3 is 3.18 bits per heavy atom. The van der Waals surface area contributed by atoms with Crippen LogP contribution in [0.4, 0.5) is 10.2 Å². The summed E-state index contributed by atoms with van der Waals surface area (Å²) in [5.74, 6) is 0.197. The van der Waals surface area contributed by atoms with E-state index in [1.807, 2.05) is 6.20 Å². The minimum Gasteiger partial charge on any atom is -0.381 e. The van der Waals surface area contributed by atoms with Crippen molar-refractivity contribution in [1.82, 2.24) is 20.6 Å². The Morgan fingerprint density at radius 2 is 2.35 bits per heavy atom. The molecule has 6 heteroatoms. The van der Waals surface area contributed by atoms with Crippen LogP contribution < -0.4 is 16.4 Å². The van der Waals surface area contributed by atoms with Crippen molar-refractivity contribution in [3.8, 4) is 0 Å². The predicted molar refractivity (Wildman–Crippen MR) is 62.0 cm³/mol. The van der Waals surface area contributed by atoms with Crippen molar-refractivity contribution >= 4 is 11.4 Å². The lowest BCUT2D eigenvalue weighted by atomic mass is 9.91. The molecule has 3 rings (SSSR count). The molecule has 0 spiro atoms. The maximum atomic E-state index is 13.0. The molecule has 1 saturated heterocycles. The van der Waals surface area contributed by atoms with Gasteiger partial charge in [0.2, 0.25) is 0 Å². The van der Waals surface area contributed by atoms with Crippen molar-refractivity contribution < 1.29 is 4.39 Å². The van der Waals surface area contributed by atoms with Gasteiger partial charge in [0.05, 0.1) is 12.4 Å². The second-order valence-electron chi connectivity index (χ2n) is 4.37. The van der Waals surface area contributed by atoms with Crippen LogP contribution >= 0.6 is 0 Å². The van der Waals surface area contributed by atoms with Crippen molar-refractivity contribution in [3.63, 3.8) is 0 Å². The molecule has 2 unspecified atom stereocenters. The van der Waals surface area contributed by atoms with Crippen molar-refractivity contribution in [2.75, 3.05) is 12.3 Å². The third kappa shape index (κ3) is 1.74. The average molecular weight is 235 g/mol. The monoisotopic (exact) mass is 235 g/mol. The summed E-state index contributed by atoms with van der Waals surface area (Å²) in [4.78, 5) is 8.01. The standard InChI is InChI=1S/C11H14FN5/c12-8-5-16-11(17-9(8)13)7-4-15-10-6(7)2-1-3-14-10/h4-6,10,14-15H,1-3H2,(H2,13,16,17). The van der Waals surface area contributed by atoms with E-state index in [0.29, 0.717) is 11.7 Å². The molecule has 0 aromatic carbocycles. The molecule has 2 aliphatic rings. The number of rotatable bonds is 1. The Bertz CT molecular complexity index is 473. The number of anilines is 1. The lowest BCUT2D eigenvalue weighted by molar-refractivity contribution is 0.329. The van der Waals surface area contributed by atoms with Crippen molar-refractivity contribution in [2.24, 2.45) is 5.92 Å². The number of nitrogen functional groups attached to an aromatic ring is 1. The fourth-order valence-corrected chi connectivity index (χ4v) is 2.43. The lowest BCUT2D eigenvalue weighted by Gasteiger charge is -2.28. The van der Waals surface area contributed by atoms with Gasteiger partial charge in [-0.05, 0) is 19.4 Å². The van der Waals surface area contributed by atoms with Gasteiger partial charge in [-0.1, -0.05) is 0 Å². The van der Waals surface area contributed by atoms with Gasteiger partial charge in [-0.2, -0.15) is 0 Å². The van der Waals surface area contributed by atoms with Crippen LogP contribution in [0.25, 0.3) is 5.57 Å². The minimum absolute atomic E-state index is 0.0943. The summed E-state index contributed by atoms with van der Waals surface area (Å²) >= 11 is 0. The summed E-state index contributed by atoms with van der Waals surface area (Å²) < 4.78 is 13.0. The van der Waals surface area contributed by atoms with E-state index in [2.05, 4.69) is 20.6 Å². The van der Waals surface area contributed by atoms with Gasteiger partial charge in [-0.15, -0.1) is 0 Å². The summed E-state index contributed by atoms with van der Waals surface area (Å²) in [6.07, 6.45) is 5.48. The largest absolute Gasteiger partial charge is 0.381 e.